The van der Waals surface area contributed by atoms with E-state index in [0.717, 1.165) is 16.1 Å². The first-order chi connectivity index (χ1) is 6.29. The molecule has 1 heterocycles. The maximum Gasteiger partial charge on any atom is 0.181 e. The van der Waals surface area contributed by atoms with Gasteiger partial charge in [0.05, 0.1) is 11.2 Å². The van der Waals surface area contributed by atoms with Crippen LogP contribution in [0.5, 0.6) is 0 Å². The van der Waals surface area contributed by atoms with Crippen molar-refractivity contribution in [3.05, 3.63) is 41.4 Å². The van der Waals surface area contributed by atoms with Crippen LogP contribution in [0.2, 0.25) is 5.02 Å². The molecule has 0 N–H and O–H groups in total. The molecule has 0 fully saturated rings. The molecule has 1 aromatic carbocycles. The van der Waals surface area contributed by atoms with Crippen LogP contribution in [0.3, 0.4) is 0 Å². The molecule has 0 amide bonds. The van der Waals surface area contributed by atoms with Crippen LogP contribution in [-0.2, 0) is 0 Å². The highest BCUT2D eigenvalue weighted by molar-refractivity contribution is 6.33. The molecule has 2 nitrogen and oxygen atoms in total. The van der Waals surface area contributed by atoms with E-state index >= 15 is 0 Å². The lowest BCUT2D eigenvalue weighted by atomic mass is 10.1. The van der Waals surface area contributed by atoms with Gasteiger partial charge in [-0.1, -0.05) is 23.7 Å². The monoisotopic (exact) mass is 193 g/mol. The maximum absolute atomic E-state index is 6.10. The fourth-order valence-corrected chi connectivity index (χ4v) is 1.41. The second-order valence-corrected chi connectivity index (χ2v) is 3.18. The molecule has 2 aromatic rings. The average Bonchev–Trinajstić information content (AvgIpc) is 2.62. The summed E-state index contributed by atoms with van der Waals surface area (Å²) in [6.07, 6.45) is 3.05. The molecule has 1 aromatic heterocycles. The summed E-state index contributed by atoms with van der Waals surface area (Å²) in [6, 6.07) is 5.82. The first-order valence-corrected chi connectivity index (χ1v) is 4.31. The molecule has 13 heavy (non-hydrogen) atoms. The van der Waals surface area contributed by atoms with Gasteiger partial charge in [0.15, 0.2) is 12.2 Å². The van der Waals surface area contributed by atoms with Crippen LogP contribution < -0.4 is 0 Å². The van der Waals surface area contributed by atoms with Crippen LogP contribution >= 0.6 is 11.6 Å². The Morgan fingerprint density at radius 2 is 2.23 bits per heavy atom. The van der Waals surface area contributed by atoms with Gasteiger partial charge in [-0.25, -0.2) is 4.98 Å². The smallest absolute Gasteiger partial charge is 0.181 e. The summed E-state index contributed by atoms with van der Waals surface area (Å²) in [4.78, 5) is 3.84. The summed E-state index contributed by atoms with van der Waals surface area (Å²) < 4.78 is 5.16. The molecule has 0 aliphatic carbocycles. The van der Waals surface area contributed by atoms with Crippen molar-refractivity contribution >= 4 is 11.6 Å². The Morgan fingerprint density at radius 1 is 1.38 bits per heavy atom. The number of halogens is 1. The Bertz CT molecular complexity index is 409. The van der Waals surface area contributed by atoms with Gasteiger partial charge in [0, 0.05) is 5.56 Å². The predicted molar refractivity (Wildman–Crippen MR) is 51.7 cm³/mol. The number of nitrogens with zero attached hydrogens (tertiary/aromatic N) is 1. The zero-order valence-electron chi connectivity index (χ0n) is 7.12. The molecule has 0 radical (unpaired) electrons. The Balaban J connectivity index is 2.59. The second kappa shape index (κ2) is 3.23. The lowest BCUT2D eigenvalue weighted by molar-refractivity contribution is 0.572. The number of benzene rings is 1. The molecule has 2 rings (SSSR count). The first-order valence-electron chi connectivity index (χ1n) is 3.93. The third-order valence-corrected chi connectivity index (χ3v) is 2.39. The Morgan fingerprint density at radius 3 is 2.92 bits per heavy atom. The molecule has 0 bridgehead atoms. The number of aromatic nitrogens is 1. The molecular formula is C10H8ClNO. The Hall–Kier alpha value is -1.28. The van der Waals surface area contributed by atoms with Gasteiger partial charge in [0.2, 0.25) is 0 Å². The van der Waals surface area contributed by atoms with Crippen LogP contribution in [0.1, 0.15) is 5.56 Å². The maximum atomic E-state index is 6.10. The summed E-state index contributed by atoms with van der Waals surface area (Å²) in [5.74, 6) is 0.703. The van der Waals surface area contributed by atoms with Gasteiger partial charge >= 0.3 is 0 Å². The summed E-state index contributed by atoms with van der Waals surface area (Å²) in [5.41, 5.74) is 1.93. The van der Waals surface area contributed by atoms with Crippen molar-refractivity contribution in [3.63, 3.8) is 0 Å². The summed E-state index contributed by atoms with van der Waals surface area (Å²) in [6.45, 7) is 1.96. The van der Waals surface area contributed by atoms with Crippen LogP contribution in [0.15, 0.2) is 35.2 Å². The SMILES string of the molecule is Cc1cccc(-c2cnco2)c1Cl. The standard InChI is InChI=1S/C10H8ClNO/c1-7-3-2-4-8(10(7)11)9-5-12-6-13-9/h2-6H,1H3. The molecule has 3 heteroatoms. The highest BCUT2D eigenvalue weighted by Gasteiger charge is 2.07. The van der Waals surface area contributed by atoms with Gasteiger partial charge in [-0.3, -0.25) is 0 Å². The van der Waals surface area contributed by atoms with E-state index < -0.39 is 0 Å². The van der Waals surface area contributed by atoms with Crippen molar-refractivity contribution in [1.29, 1.82) is 0 Å². The molecule has 0 saturated heterocycles. The Kier molecular flexibility index (Phi) is 2.07. The normalized spacial score (nSPS) is 10.3. The third kappa shape index (κ3) is 1.45. The van der Waals surface area contributed by atoms with Gasteiger partial charge < -0.3 is 4.42 Å². The Labute approximate surface area is 81.2 Å². The van der Waals surface area contributed by atoms with Gasteiger partial charge in [-0.15, -0.1) is 0 Å². The average molecular weight is 194 g/mol. The molecule has 0 atom stereocenters. The van der Waals surface area contributed by atoms with Crippen molar-refractivity contribution in [2.75, 3.05) is 0 Å². The van der Waals surface area contributed by atoms with Crippen molar-refractivity contribution in [2.24, 2.45) is 0 Å². The van der Waals surface area contributed by atoms with E-state index in [1.807, 2.05) is 25.1 Å². The molecule has 0 aliphatic rings. The van der Waals surface area contributed by atoms with Crippen molar-refractivity contribution in [1.82, 2.24) is 4.98 Å². The van der Waals surface area contributed by atoms with Gasteiger partial charge in [0.1, 0.15) is 0 Å². The minimum atomic E-state index is 0.703. The van der Waals surface area contributed by atoms with Crippen LogP contribution in [-0.4, -0.2) is 4.98 Å². The molecule has 66 valence electrons. The second-order valence-electron chi connectivity index (χ2n) is 2.80. The minimum absolute atomic E-state index is 0.703. The van der Waals surface area contributed by atoms with E-state index in [0.29, 0.717) is 5.76 Å². The van der Waals surface area contributed by atoms with Crippen LogP contribution in [0.25, 0.3) is 11.3 Å². The highest BCUT2D eigenvalue weighted by atomic mass is 35.5. The zero-order valence-corrected chi connectivity index (χ0v) is 7.88. The summed E-state index contributed by atoms with van der Waals surface area (Å²) in [7, 11) is 0. The quantitative estimate of drug-likeness (QED) is 0.695. The van der Waals surface area contributed by atoms with E-state index in [2.05, 4.69) is 4.98 Å². The van der Waals surface area contributed by atoms with Crippen LogP contribution in [0.4, 0.5) is 0 Å². The molecule has 0 saturated carbocycles. The van der Waals surface area contributed by atoms with E-state index in [9.17, 15) is 0 Å². The highest BCUT2D eigenvalue weighted by Crippen LogP contribution is 2.29. The summed E-state index contributed by atoms with van der Waals surface area (Å²) >= 11 is 6.10. The molecule has 0 aliphatic heterocycles. The van der Waals surface area contributed by atoms with E-state index in [1.54, 1.807) is 6.20 Å². The fraction of sp³-hybridized carbons (Fsp3) is 0.100. The van der Waals surface area contributed by atoms with Gasteiger partial charge in [-0.2, -0.15) is 0 Å². The number of hydrogen-bond donors (Lipinski definition) is 0. The van der Waals surface area contributed by atoms with Crippen LogP contribution in [0, 0.1) is 6.92 Å². The third-order valence-electron chi connectivity index (χ3n) is 1.89. The number of hydrogen-bond acceptors (Lipinski definition) is 2. The summed E-state index contributed by atoms with van der Waals surface area (Å²) in [5, 5.41) is 0.722. The number of rotatable bonds is 1. The van der Waals surface area contributed by atoms with E-state index in [1.165, 1.54) is 6.39 Å². The number of oxazole rings is 1. The van der Waals surface area contributed by atoms with Crippen molar-refractivity contribution < 1.29 is 4.42 Å². The van der Waals surface area contributed by atoms with E-state index in [4.69, 9.17) is 16.0 Å². The van der Waals surface area contributed by atoms with Gasteiger partial charge in [-0.05, 0) is 18.6 Å². The van der Waals surface area contributed by atoms with Gasteiger partial charge in [0.25, 0.3) is 0 Å². The van der Waals surface area contributed by atoms with Crippen molar-refractivity contribution in [2.45, 2.75) is 6.92 Å². The fourth-order valence-electron chi connectivity index (χ4n) is 1.19. The predicted octanol–water partition coefficient (Wildman–Crippen LogP) is 3.30. The topological polar surface area (TPSA) is 26.0 Å². The number of aryl methyl sites for hydroxylation is 1. The molecule has 0 spiro atoms. The molecular weight excluding hydrogens is 186 g/mol. The van der Waals surface area contributed by atoms with Crippen molar-refractivity contribution in [3.8, 4) is 11.3 Å². The van der Waals surface area contributed by atoms with E-state index in [-0.39, 0.29) is 0 Å². The zero-order chi connectivity index (χ0) is 9.26. The minimum Gasteiger partial charge on any atom is -0.443 e. The largest absolute Gasteiger partial charge is 0.443 e. The lowest BCUT2D eigenvalue weighted by Crippen LogP contribution is -1.79. The lowest BCUT2D eigenvalue weighted by Gasteiger charge is -2.02. The molecule has 0 unspecified atom stereocenters. The first kappa shape index (κ1) is 8.32.